The summed E-state index contributed by atoms with van der Waals surface area (Å²) in [5, 5.41) is 1.04. The van der Waals surface area contributed by atoms with E-state index >= 15 is 0 Å². The van der Waals surface area contributed by atoms with Crippen LogP contribution in [0.5, 0.6) is 0 Å². The maximum absolute atomic E-state index is 13.2. The van der Waals surface area contributed by atoms with Crippen LogP contribution in [0.15, 0.2) is 53.6 Å². The first-order valence-corrected chi connectivity index (χ1v) is 11.5. The van der Waals surface area contributed by atoms with Crippen molar-refractivity contribution in [2.24, 2.45) is 5.41 Å². The SMILES string of the molecule is O=C1N(c2cccc(C(F)(F)F)n2)CCC12CCN(S(=O)c1ccc3cc[nH]c3c1)CC2. The normalized spacial score (nSPS) is 20.3. The summed E-state index contributed by atoms with van der Waals surface area (Å²) in [6.07, 6.45) is -1.15. The maximum atomic E-state index is 13.2. The number of hydrogen-bond donors (Lipinski definition) is 1. The van der Waals surface area contributed by atoms with Gasteiger partial charge in [0.05, 0.1) is 10.3 Å². The van der Waals surface area contributed by atoms with Crippen molar-refractivity contribution in [1.82, 2.24) is 14.3 Å². The molecule has 2 aromatic heterocycles. The Hall–Kier alpha value is -2.72. The number of halogens is 3. The molecule has 32 heavy (non-hydrogen) atoms. The minimum Gasteiger partial charge on any atom is -0.361 e. The van der Waals surface area contributed by atoms with Gasteiger partial charge >= 0.3 is 6.18 Å². The first-order chi connectivity index (χ1) is 15.3. The van der Waals surface area contributed by atoms with Crippen LogP contribution in [-0.4, -0.2) is 44.0 Å². The number of nitrogens with one attached hydrogen (secondary N) is 1. The molecule has 1 unspecified atom stereocenters. The molecule has 5 rings (SSSR count). The number of carbonyl (C=O) groups excluding carboxylic acids is 1. The highest BCUT2D eigenvalue weighted by atomic mass is 32.2. The average Bonchev–Trinajstić information content (AvgIpc) is 3.38. The monoisotopic (exact) mass is 462 g/mol. The summed E-state index contributed by atoms with van der Waals surface area (Å²) in [6.45, 7) is 1.29. The van der Waals surface area contributed by atoms with E-state index in [9.17, 15) is 22.2 Å². The summed E-state index contributed by atoms with van der Waals surface area (Å²) in [5.41, 5.74) is -0.729. The zero-order valence-electron chi connectivity index (χ0n) is 17.1. The van der Waals surface area contributed by atoms with Gasteiger partial charge in [0.2, 0.25) is 5.91 Å². The largest absolute Gasteiger partial charge is 0.433 e. The Labute approximate surface area is 185 Å². The third-order valence-corrected chi connectivity index (χ3v) is 7.95. The van der Waals surface area contributed by atoms with Crippen molar-refractivity contribution in [3.05, 3.63) is 54.4 Å². The molecule has 2 saturated heterocycles. The summed E-state index contributed by atoms with van der Waals surface area (Å²) < 4.78 is 54.0. The van der Waals surface area contributed by atoms with E-state index in [1.54, 1.807) is 0 Å². The lowest BCUT2D eigenvalue weighted by Crippen LogP contribution is -2.45. The Kier molecular flexibility index (Phi) is 5.09. The fourth-order valence-corrected chi connectivity index (χ4v) is 5.81. The summed E-state index contributed by atoms with van der Waals surface area (Å²) in [4.78, 5) is 22.1. The van der Waals surface area contributed by atoms with Crippen molar-refractivity contribution in [1.29, 1.82) is 0 Å². The topological polar surface area (TPSA) is 69.3 Å². The fraction of sp³-hybridized carbons (Fsp3) is 0.364. The Bertz CT molecular complexity index is 1200. The molecule has 1 aromatic carbocycles. The van der Waals surface area contributed by atoms with Crippen LogP contribution < -0.4 is 4.90 Å². The molecule has 0 radical (unpaired) electrons. The number of rotatable bonds is 3. The number of amides is 1. The van der Waals surface area contributed by atoms with Crippen LogP contribution >= 0.6 is 0 Å². The predicted octanol–water partition coefficient (Wildman–Crippen LogP) is 4.12. The Morgan fingerprint density at radius 1 is 1.03 bits per heavy atom. The van der Waals surface area contributed by atoms with Crippen molar-refractivity contribution >= 4 is 33.6 Å². The number of fused-ring (bicyclic) bond motifs is 1. The lowest BCUT2D eigenvalue weighted by molar-refractivity contribution is -0.141. The number of benzene rings is 1. The number of nitrogens with zero attached hydrogens (tertiary/aromatic N) is 3. The number of H-pyrrole nitrogens is 1. The number of anilines is 1. The standard InChI is InChI=1S/C22H21F3N4O2S/c23-22(24,25)18-2-1-3-19(27-18)29-13-9-21(20(29)30)7-11-28(12-8-21)32(31)16-5-4-15-6-10-26-17(15)14-16/h1-6,10,14,26H,7-9,11-13H2. The number of aromatic amines is 1. The van der Waals surface area contributed by atoms with Crippen LogP contribution in [0.25, 0.3) is 10.9 Å². The van der Waals surface area contributed by atoms with Crippen molar-refractivity contribution in [2.75, 3.05) is 24.5 Å². The Balaban J connectivity index is 1.29. The number of carbonyl (C=O) groups is 1. The molecule has 168 valence electrons. The van der Waals surface area contributed by atoms with Crippen LogP contribution in [0.4, 0.5) is 19.0 Å². The minimum absolute atomic E-state index is 0.0342. The minimum atomic E-state index is -4.56. The lowest BCUT2D eigenvalue weighted by Gasteiger charge is -2.37. The van der Waals surface area contributed by atoms with Gasteiger partial charge in [0.1, 0.15) is 22.5 Å². The van der Waals surface area contributed by atoms with E-state index in [0.29, 0.717) is 43.8 Å². The van der Waals surface area contributed by atoms with Crippen LogP contribution in [0, 0.1) is 5.41 Å². The molecule has 4 heterocycles. The second kappa shape index (κ2) is 7.70. The highest BCUT2D eigenvalue weighted by Gasteiger charge is 2.49. The number of hydrogen-bond acceptors (Lipinski definition) is 3. The smallest absolute Gasteiger partial charge is 0.361 e. The van der Waals surface area contributed by atoms with E-state index < -0.39 is 28.3 Å². The third kappa shape index (κ3) is 3.61. The molecule has 6 nitrogen and oxygen atoms in total. The lowest BCUT2D eigenvalue weighted by atomic mass is 9.77. The van der Waals surface area contributed by atoms with E-state index in [1.807, 2.05) is 34.8 Å². The molecule has 1 N–H and O–H groups in total. The molecule has 2 fully saturated rings. The van der Waals surface area contributed by atoms with E-state index in [0.717, 1.165) is 17.0 Å². The van der Waals surface area contributed by atoms with Gasteiger partial charge in [-0.2, -0.15) is 13.2 Å². The first-order valence-electron chi connectivity index (χ1n) is 10.4. The average molecular weight is 462 g/mol. The molecule has 10 heteroatoms. The Morgan fingerprint density at radius 3 is 2.53 bits per heavy atom. The molecule has 2 aliphatic rings. The number of pyridine rings is 1. The molecule has 0 saturated carbocycles. The van der Waals surface area contributed by atoms with Crippen LogP contribution in [-0.2, 0) is 22.0 Å². The van der Waals surface area contributed by atoms with Gasteiger partial charge < -0.3 is 4.98 Å². The van der Waals surface area contributed by atoms with Gasteiger partial charge in [-0.1, -0.05) is 12.1 Å². The summed E-state index contributed by atoms with van der Waals surface area (Å²) >= 11 is 0. The van der Waals surface area contributed by atoms with Crippen molar-refractivity contribution < 1.29 is 22.2 Å². The fourth-order valence-electron chi connectivity index (χ4n) is 4.60. The molecule has 0 aliphatic carbocycles. The summed E-state index contributed by atoms with van der Waals surface area (Å²) in [6, 6.07) is 11.2. The van der Waals surface area contributed by atoms with E-state index in [4.69, 9.17) is 0 Å². The third-order valence-electron chi connectivity index (χ3n) is 6.46. The van der Waals surface area contributed by atoms with Gasteiger partial charge in [-0.05, 0) is 55.0 Å². The molecule has 0 bridgehead atoms. The maximum Gasteiger partial charge on any atom is 0.433 e. The second-order valence-corrected chi connectivity index (χ2v) is 9.76. The van der Waals surface area contributed by atoms with Gasteiger partial charge in [-0.3, -0.25) is 9.69 Å². The number of aromatic nitrogens is 2. The number of alkyl halides is 3. The quantitative estimate of drug-likeness (QED) is 0.637. The second-order valence-electron chi connectivity index (χ2n) is 8.27. The zero-order valence-corrected chi connectivity index (χ0v) is 17.9. The molecular weight excluding hydrogens is 441 g/mol. The molecule has 3 aromatic rings. The van der Waals surface area contributed by atoms with Crippen LogP contribution in [0.2, 0.25) is 0 Å². The van der Waals surface area contributed by atoms with E-state index in [1.165, 1.54) is 17.0 Å². The van der Waals surface area contributed by atoms with Gasteiger partial charge in [0.15, 0.2) is 0 Å². The molecular formula is C22H21F3N4O2S. The van der Waals surface area contributed by atoms with Crippen molar-refractivity contribution in [3.8, 4) is 0 Å². The predicted molar refractivity (Wildman–Crippen MR) is 114 cm³/mol. The highest BCUT2D eigenvalue weighted by Crippen LogP contribution is 2.43. The summed E-state index contributed by atoms with van der Waals surface area (Å²) in [5.74, 6) is -0.158. The van der Waals surface area contributed by atoms with Crippen molar-refractivity contribution in [2.45, 2.75) is 30.3 Å². The Morgan fingerprint density at radius 2 is 1.78 bits per heavy atom. The summed E-state index contributed by atoms with van der Waals surface area (Å²) in [7, 11) is -1.34. The van der Waals surface area contributed by atoms with Gasteiger partial charge in [0.25, 0.3) is 0 Å². The van der Waals surface area contributed by atoms with Gasteiger partial charge in [0, 0.05) is 31.3 Å². The molecule has 1 spiro atoms. The van der Waals surface area contributed by atoms with Gasteiger partial charge in [-0.25, -0.2) is 13.5 Å². The van der Waals surface area contributed by atoms with Crippen LogP contribution in [0.1, 0.15) is 25.0 Å². The van der Waals surface area contributed by atoms with E-state index in [-0.39, 0.29) is 11.7 Å². The number of piperidine rings is 1. The van der Waals surface area contributed by atoms with Crippen molar-refractivity contribution in [3.63, 3.8) is 0 Å². The molecule has 1 amide bonds. The molecule has 2 aliphatic heterocycles. The first kappa shape index (κ1) is 21.1. The highest BCUT2D eigenvalue weighted by molar-refractivity contribution is 7.82. The zero-order chi connectivity index (χ0) is 22.5. The molecule has 1 atom stereocenters. The van der Waals surface area contributed by atoms with E-state index in [2.05, 4.69) is 9.97 Å². The van der Waals surface area contributed by atoms with Gasteiger partial charge in [-0.15, -0.1) is 0 Å². The van der Waals surface area contributed by atoms with Crippen LogP contribution in [0.3, 0.4) is 0 Å².